The average molecular weight is 245 g/mol. The number of nitrogens with two attached hydrogens (primary N) is 1. The maximum atomic E-state index is 6.23. The molecule has 0 radical (unpaired) electrons. The lowest BCUT2D eigenvalue weighted by Crippen LogP contribution is -2.44. The molecular weight excluding hydrogens is 226 g/mol. The highest BCUT2D eigenvalue weighted by molar-refractivity contribution is 5.83. The number of aromatic nitrogens is 2. The van der Waals surface area contributed by atoms with Gasteiger partial charge in [-0.2, -0.15) is 10.2 Å². The van der Waals surface area contributed by atoms with Crippen molar-refractivity contribution in [2.45, 2.75) is 32.2 Å². The second-order valence-electron chi connectivity index (χ2n) is 4.58. The van der Waals surface area contributed by atoms with Gasteiger partial charge in [-0.1, -0.05) is 26.0 Å². The molecule has 0 saturated carbocycles. The van der Waals surface area contributed by atoms with Crippen molar-refractivity contribution in [2.24, 2.45) is 5.73 Å². The smallest absolute Gasteiger partial charge is 0.148 e. The molecule has 0 saturated heterocycles. The molecule has 4 nitrogen and oxygen atoms in total. The summed E-state index contributed by atoms with van der Waals surface area (Å²) in [7, 11) is 0. The SMILES string of the molecule is CCC(N)(CC)COc1cnnc2ccccc12. The van der Waals surface area contributed by atoms with Crippen molar-refractivity contribution in [1.29, 1.82) is 0 Å². The van der Waals surface area contributed by atoms with Crippen LogP contribution in [0.25, 0.3) is 10.9 Å². The zero-order chi connectivity index (χ0) is 13.0. The number of fused-ring (bicyclic) bond motifs is 1. The fourth-order valence-electron chi connectivity index (χ4n) is 1.77. The van der Waals surface area contributed by atoms with E-state index in [-0.39, 0.29) is 5.54 Å². The van der Waals surface area contributed by atoms with Crippen LogP contribution in [0.1, 0.15) is 26.7 Å². The molecule has 1 aromatic carbocycles. The van der Waals surface area contributed by atoms with Crippen molar-refractivity contribution in [3.8, 4) is 5.75 Å². The lowest BCUT2D eigenvalue weighted by atomic mass is 9.96. The lowest BCUT2D eigenvalue weighted by molar-refractivity contribution is 0.208. The maximum absolute atomic E-state index is 6.23. The summed E-state index contributed by atoms with van der Waals surface area (Å²) in [6.45, 7) is 4.65. The molecule has 0 bridgehead atoms. The normalized spacial score (nSPS) is 11.7. The highest BCUT2D eigenvalue weighted by atomic mass is 16.5. The van der Waals surface area contributed by atoms with Crippen LogP contribution in [0, 0.1) is 0 Å². The third-order valence-corrected chi connectivity index (χ3v) is 3.43. The van der Waals surface area contributed by atoms with E-state index in [9.17, 15) is 0 Å². The molecule has 0 atom stereocenters. The molecule has 0 aliphatic rings. The third kappa shape index (κ3) is 2.59. The monoisotopic (exact) mass is 245 g/mol. The average Bonchev–Trinajstić information content (AvgIpc) is 2.44. The summed E-state index contributed by atoms with van der Waals surface area (Å²) in [4.78, 5) is 0. The fraction of sp³-hybridized carbons (Fsp3) is 0.429. The Labute approximate surface area is 107 Å². The van der Waals surface area contributed by atoms with Gasteiger partial charge >= 0.3 is 0 Å². The minimum absolute atomic E-state index is 0.273. The van der Waals surface area contributed by atoms with Gasteiger partial charge in [-0.3, -0.25) is 0 Å². The standard InChI is InChI=1S/C14H19N3O/c1-3-14(15,4-2)10-18-13-9-16-17-12-8-6-5-7-11(12)13/h5-9H,3-4,10,15H2,1-2H3. The molecule has 0 aliphatic carbocycles. The largest absolute Gasteiger partial charge is 0.489 e. The Balaban J connectivity index is 2.22. The van der Waals surface area contributed by atoms with Crippen molar-refractivity contribution in [1.82, 2.24) is 10.2 Å². The predicted molar refractivity (Wildman–Crippen MR) is 72.5 cm³/mol. The Kier molecular flexibility index (Phi) is 3.77. The zero-order valence-electron chi connectivity index (χ0n) is 10.9. The summed E-state index contributed by atoms with van der Waals surface area (Å²) < 4.78 is 5.84. The molecule has 0 fully saturated rings. The number of hydrogen-bond acceptors (Lipinski definition) is 4. The van der Waals surface area contributed by atoms with Crippen LogP contribution in [-0.4, -0.2) is 22.3 Å². The molecule has 2 aromatic rings. The number of rotatable bonds is 5. The van der Waals surface area contributed by atoms with E-state index in [0.29, 0.717) is 6.61 Å². The number of nitrogens with zero attached hydrogens (tertiary/aromatic N) is 2. The third-order valence-electron chi connectivity index (χ3n) is 3.43. The van der Waals surface area contributed by atoms with Crippen LogP contribution >= 0.6 is 0 Å². The van der Waals surface area contributed by atoms with E-state index < -0.39 is 0 Å². The minimum Gasteiger partial charge on any atom is -0.489 e. The van der Waals surface area contributed by atoms with Gasteiger partial charge in [0.05, 0.1) is 11.7 Å². The second kappa shape index (κ2) is 5.31. The summed E-state index contributed by atoms with van der Waals surface area (Å²) in [5, 5.41) is 8.99. The summed E-state index contributed by atoms with van der Waals surface area (Å²) in [6, 6.07) is 7.80. The summed E-state index contributed by atoms with van der Waals surface area (Å²) in [5.74, 6) is 0.748. The molecule has 1 heterocycles. The highest BCUT2D eigenvalue weighted by Crippen LogP contribution is 2.23. The van der Waals surface area contributed by atoms with E-state index in [1.807, 2.05) is 24.3 Å². The first-order valence-corrected chi connectivity index (χ1v) is 6.30. The molecule has 0 unspecified atom stereocenters. The Bertz CT molecular complexity index is 518. The summed E-state index contributed by atoms with van der Waals surface area (Å²) in [6.07, 6.45) is 3.42. The Hall–Kier alpha value is -1.68. The number of hydrogen-bond donors (Lipinski definition) is 1. The van der Waals surface area contributed by atoms with Crippen molar-refractivity contribution >= 4 is 10.9 Å². The Morgan fingerprint density at radius 3 is 2.67 bits per heavy atom. The molecule has 1 aromatic heterocycles. The van der Waals surface area contributed by atoms with Crippen LogP contribution in [0.15, 0.2) is 30.5 Å². The first-order valence-electron chi connectivity index (χ1n) is 6.30. The molecule has 2 N–H and O–H groups in total. The van der Waals surface area contributed by atoms with Gasteiger partial charge in [-0.05, 0) is 25.0 Å². The topological polar surface area (TPSA) is 61.0 Å². The zero-order valence-corrected chi connectivity index (χ0v) is 10.9. The van der Waals surface area contributed by atoms with E-state index in [2.05, 4.69) is 24.0 Å². The molecule has 0 amide bonds. The van der Waals surface area contributed by atoms with Crippen molar-refractivity contribution in [3.63, 3.8) is 0 Å². The molecule has 4 heteroatoms. The molecule has 0 spiro atoms. The van der Waals surface area contributed by atoms with E-state index in [1.165, 1.54) is 0 Å². The van der Waals surface area contributed by atoms with Gasteiger partial charge in [0.2, 0.25) is 0 Å². The van der Waals surface area contributed by atoms with Crippen molar-refractivity contribution in [3.05, 3.63) is 30.5 Å². The molecular formula is C14H19N3O. The van der Waals surface area contributed by atoms with E-state index in [1.54, 1.807) is 6.20 Å². The van der Waals surface area contributed by atoms with Crippen LogP contribution in [0.4, 0.5) is 0 Å². The van der Waals surface area contributed by atoms with Gasteiger partial charge in [0.25, 0.3) is 0 Å². The molecule has 0 aliphatic heterocycles. The van der Waals surface area contributed by atoms with Crippen LogP contribution in [0.5, 0.6) is 5.75 Å². The van der Waals surface area contributed by atoms with Crippen LogP contribution in [0.3, 0.4) is 0 Å². The first-order chi connectivity index (χ1) is 8.68. The first kappa shape index (κ1) is 12.8. The van der Waals surface area contributed by atoms with Crippen molar-refractivity contribution in [2.75, 3.05) is 6.61 Å². The van der Waals surface area contributed by atoms with Crippen LogP contribution in [0.2, 0.25) is 0 Å². The van der Waals surface area contributed by atoms with Crippen molar-refractivity contribution < 1.29 is 4.74 Å². The summed E-state index contributed by atoms with van der Waals surface area (Å²) >= 11 is 0. The van der Waals surface area contributed by atoms with E-state index in [0.717, 1.165) is 29.5 Å². The summed E-state index contributed by atoms with van der Waals surface area (Å²) in [5.41, 5.74) is 6.79. The Morgan fingerprint density at radius 1 is 1.22 bits per heavy atom. The number of ether oxygens (including phenoxy) is 1. The van der Waals surface area contributed by atoms with E-state index >= 15 is 0 Å². The second-order valence-corrected chi connectivity index (χ2v) is 4.58. The van der Waals surface area contributed by atoms with Gasteiger partial charge in [0.15, 0.2) is 0 Å². The molecule has 18 heavy (non-hydrogen) atoms. The predicted octanol–water partition coefficient (Wildman–Crippen LogP) is 2.53. The van der Waals surface area contributed by atoms with Gasteiger partial charge in [0.1, 0.15) is 12.4 Å². The highest BCUT2D eigenvalue weighted by Gasteiger charge is 2.21. The van der Waals surface area contributed by atoms with Gasteiger partial charge in [-0.25, -0.2) is 0 Å². The van der Waals surface area contributed by atoms with Crippen LogP contribution in [-0.2, 0) is 0 Å². The quantitative estimate of drug-likeness (QED) is 0.879. The van der Waals surface area contributed by atoms with Gasteiger partial charge < -0.3 is 10.5 Å². The maximum Gasteiger partial charge on any atom is 0.148 e. The lowest BCUT2D eigenvalue weighted by Gasteiger charge is -2.26. The number of benzene rings is 1. The van der Waals surface area contributed by atoms with E-state index in [4.69, 9.17) is 10.5 Å². The molecule has 96 valence electrons. The minimum atomic E-state index is -0.273. The van der Waals surface area contributed by atoms with Crippen LogP contribution < -0.4 is 10.5 Å². The van der Waals surface area contributed by atoms with Gasteiger partial charge in [0, 0.05) is 10.9 Å². The fourth-order valence-corrected chi connectivity index (χ4v) is 1.77. The Morgan fingerprint density at radius 2 is 1.94 bits per heavy atom. The molecule has 2 rings (SSSR count). The van der Waals surface area contributed by atoms with Gasteiger partial charge in [-0.15, -0.1) is 0 Å².